The van der Waals surface area contributed by atoms with Crippen molar-refractivity contribution in [1.29, 1.82) is 0 Å². The Morgan fingerprint density at radius 3 is 1.00 bits per heavy atom. The van der Waals surface area contributed by atoms with Crippen molar-refractivity contribution in [2.45, 2.75) is 227 Å². The molecule has 0 fully saturated rings. The summed E-state index contributed by atoms with van der Waals surface area (Å²) in [4.78, 5) is 3.10. The molecule has 1 heteroatoms. The largest absolute Gasteiger partial charge is 0.292 e. The maximum atomic E-state index is 3.10. The molecule has 0 saturated carbocycles. The molecule has 0 aliphatic rings. The van der Waals surface area contributed by atoms with Gasteiger partial charge < -0.3 is 0 Å². The van der Waals surface area contributed by atoms with E-state index in [1.807, 2.05) is 0 Å². The van der Waals surface area contributed by atoms with Gasteiger partial charge in [0.25, 0.3) is 0 Å². The van der Waals surface area contributed by atoms with Gasteiger partial charge in [0, 0.05) is 11.1 Å². The first-order valence-electron chi connectivity index (χ1n) is 18.6. The van der Waals surface area contributed by atoms with Gasteiger partial charge in [-0.1, -0.05) is 170 Å². The Kier molecular flexibility index (Phi) is 24.5. The minimum atomic E-state index is 0.296. The van der Waals surface area contributed by atoms with Crippen molar-refractivity contribution in [2.24, 2.45) is 11.8 Å². The van der Waals surface area contributed by atoms with Gasteiger partial charge in [-0.3, -0.25) is 4.90 Å². The highest BCUT2D eigenvalue weighted by Gasteiger charge is 2.46. The number of nitrogens with zero attached hydrogens (tertiary/aromatic N) is 1. The number of rotatable bonds is 29. The fourth-order valence-electron chi connectivity index (χ4n) is 7.19. The van der Waals surface area contributed by atoms with E-state index in [2.05, 4.69) is 67.2 Å². The van der Waals surface area contributed by atoms with Gasteiger partial charge in [-0.15, -0.1) is 0 Å². The van der Waals surface area contributed by atoms with Crippen LogP contribution in [0.1, 0.15) is 216 Å². The van der Waals surface area contributed by atoms with Crippen molar-refractivity contribution in [1.82, 2.24) is 4.90 Å². The summed E-state index contributed by atoms with van der Waals surface area (Å²) in [5.74, 6) is 1.52. The first-order valence-corrected chi connectivity index (χ1v) is 18.6. The van der Waals surface area contributed by atoms with Crippen LogP contribution >= 0.6 is 0 Å². The summed E-state index contributed by atoms with van der Waals surface area (Å²) in [6, 6.07) is 0. The first-order chi connectivity index (χ1) is 18.8. The molecule has 39 heavy (non-hydrogen) atoms. The summed E-state index contributed by atoms with van der Waals surface area (Å²) in [6.07, 6.45) is 33.7. The fraction of sp³-hybridized carbons (Fsp3) is 1.00. The SMILES string of the molecule is CCCCCCCCCCN(C(C)(CC)C(C)CCCCCCCC)C(C)(CC)C(C)CCCCCCCC. The highest BCUT2D eigenvalue weighted by Crippen LogP contribution is 2.43. The van der Waals surface area contributed by atoms with E-state index in [-0.39, 0.29) is 0 Å². The second kappa shape index (κ2) is 24.5. The third kappa shape index (κ3) is 15.7. The Labute approximate surface area is 250 Å². The lowest BCUT2D eigenvalue weighted by atomic mass is 9.72. The van der Waals surface area contributed by atoms with E-state index in [1.54, 1.807) is 0 Å². The van der Waals surface area contributed by atoms with Crippen LogP contribution in [0.15, 0.2) is 0 Å². The average molecular weight is 550 g/mol. The molecule has 0 radical (unpaired) electrons. The van der Waals surface area contributed by atoms with Crippen LogP contribution in [-0.2, 0) is 0 Å². The van der Waals surface area contributed by atoms with Gasteiger partial charge in [-0.25, -0.2) is 0 Å². The van der Waals surface area contributed by atoms with Crippen LogP contribution in [0.5, 0.6) is 0 Å². The number of hydrogen-bond donors (Lipinski definition) is 0. The molecule has 0 saturated heterocycles. The Hall–Kier alpha value is -0.0400. The van der Waals surface area contributed by atoms with Crippen molar-refractivity contribution in [3.8, 4) is 0 Å². The minimum absolute atomic E-state index is 0.296. The minimum Gasteiger partial charge on any atom is -0.292 e. The van der Waals surface area contributed by atoms with Crippen molar-refractivity contribution < 1.29 is 0 Å². The lowest BCUT2D eigenvalue weighted by Gasteiger charge is -2.57. The Balaban J connectivity index is 5.40. The van der Waals surface area contributed by atoms with E-state index in [1.165, 1.54) is 161 Å². The second-order valence-corrected chi connectivity index (χ2v) is 14.0. The molecular weight excluding hydrogens is 470 g/mol. The second-order valence-electron chi connectivity index (χ2n) is 14.0. The zero-order valence-electron chi connectivity index (χ0n) is 29.3. The van der Waals surface area contributed by atoms with Crippen LogP contribution in [0.2, 0.25) is 0 Å². The molecule has 0 aliphatic carbocycles. The number of unbranched alkanes of at least 4 members (excludes halogenated alkanes) is 17. The Morgan fingerprint density at radius 2 is 0.692 bits per heavy atom. The van der Waals surface area contributed by atoms with Crippen molar-refractivity contribution in [2.75, 3.05) is 6.54 Å². The van der Waals surface area contributed by atoms with E-state index in [9.17, 15) is 0 Å². The Bertz CT molecular complexity index is 479. The highest BCUT2D eigenvalue weighted by atomic mass is 15.3. The zero-order chi connectivity index (χ0) is 29.4. The van der Waals surface area contributed by atoms with Crippen molar-refractivity contribution in [3.05, 3.63) is 0 Å². The summed E-state index contributed by atoms with van der Waals surface area (Å²) in [5.41, 5.74) is 0.593. The molecule has 4 atom stereocenters. The van der Waals surface area contributed by atoms with Gasteiger partial charge in [-0.05, 0) is 64.3 Å². The van der Waals surface area contributed by atoms with Gasteiger partial charge in [-0.2, -0.15) is 0 Å². The molecule has 0 N–H and O–H groups in total. The van der Waals surface area contributed by atoms with Gasteiger partial charge in [0.2, 0.25) is 0 Å². The maximum Gasteiger partial charge on any atom is 0.0209 e. The van der Waals surface area contributed by atoms with Crippen molar-refractivity contribution in [3.63, 3.8) is 0 Å². The molecule has 0 aromatic rings. The summed E-state index contributed by atoms with van der Waals surface area (Å²) in [7, 11) is 0. The summed E-state index contributed by atoms with van der Waals surface area (Å²) in [5, 5.41) is 0. The molecule has 0 heterocycles. The molecule has 1 nitrogen and oxygen atoms in total. The lowest BCUT2D eigenvalue weighted by Crippen LogP contribution is -2.63. The van der Waals surface area contributed by atoms with E-state index in [4.69, 9.17) is 0 Å². The van der Waals surface area contributed by atoms with Crippen LogP contribution in [0.25, 0.3) is 0 Å². The lowest BCUT2D eigenvalue weighted by molar-refractivity contribution is -0.0702. The molecule has 236 valence electrons. The van der Waals surface area contributed by atoms with Crippen LogP contribution in [0.3, 0.4) is 0 Å². The van der Waals surface area contributed by atoms with E-state index >= 15 is 0 Å². The van der Waals surface area contributed by atoms with Crippen LogP contribution in [-0.4, -0.2) is 22.5 Å². The average Bonchev–Trinajstić information content (AvgIpc) is 2.94. The molecule has 0 aromatic heterocycles. The summed E-state index contributed by atoms with van der Waals surface area (Å²) < 4.78 is 0. The molecular formula is C38H79N. The zero-order valence-corrected chi connectivity index (χ0v) is 29.3. The van der Waals surface area contributed by atoms with Gasteiger partial charge >= 0.3 is 0 Å². The third-order valence-corrected chi connectivity index (χ3v) is 11.0. The van der Waals surface area contributed by atoms with Crippen LogP contribution < -0.4 is 0 Å². The monoisotopic (exact) mass is 550 g/mol. The quantitative estimate of drug-likeness (QED) is 0.0838. The molecule has 0 aliphatic heterocycles. The standard InChI is InChI=1S/C38H79N/c1-10-15-18-21-24-25-28-31-34-39(37(8,13-4)35(6)32-29-26-22-19-16-11-2)38(9,14-5)36(7)33-30-27-23-20-17-12-3/h35-36H,10-34H2,1-9H3. The topological polar surface area (TPSA) is 3.24 Å². The molecule has 0 rings (SSSR count). The molecule has 0 amide bonds. The van der Waals surface area contributed by atoms with E-state index in [0.29, 0.717) is 11.1 Å². The third-order valence-electron chi connectivity index (χ3n) is 11.0. The van der Waals surface area contributed by atoms with E-state index < -0.39 is 0 Å². The molecule has 0 bridgehead atoms. The normalized spacial score (nSPS) is 16.8. The smallest absolute Gasteiger partial charge is 0.0209 e. The predicted octanol–water partition coefficient (Wildman–Crippen LogP) is 13.5. The molecule has 0 spiro atoms. The first kappa shape index (κ1) is 39.0. The van der Waals surface area contributed by atoms with Crippen LogP contribution in [0, 0.1) is 11.8 Å². The Morgan fingerprint density at radius 1 is 0.410 bits per heavy atom. The van der Waals surface area contributed by atoms with Crippen molar-refractivity contribution >= 4 is 0 Å². The highest BCUT2D eigenvalue weighted by molar-refractivity contribution is 5.01. The fourth-order valence-corrected chi connectivity index (χ4v) is 7.19. The number of hydrogen-bond acceptors (Lipinski definition) is 1. The molecule has 0 aromatic carbocycles. The summed E-state index contributed by atoms with van der Waals surface area (Å²) >= 11 is 0. The van der Waals surface area contributed by atoms with Gasteiger partial charge in [0.1, 0.15) is 0 Å². The predicted molar refractivity (Wildman–Crippen MR) is 181 cm³/mol. The maximum absolute atomic E-state index is 3.10. The van der Waals surface area contributed by atoms with Gasteiger partial charge in [0.15, 0.2) is 0 Å². The van der Waals surface area contributed by atoms with Gasteiger partial charge in [0.05, 0.1) is 0 Å². The summed E-state index contributed by atoms with van der Waals surface area (Å²) in [6.45, 7) is 23.8. The molecule has 4 unspecified atom stereocenters. The van der Waals surface area contributed by atoms with E-state index in [0.717, 1.165) is 11.8 Å². The van der Waals surface area contributed by atoms with Crippen LogP contribution in [0.4, 0.5) is 0 Å².